The van der Waals surface area contributed by atoms with Crippen LogP contribution in [0.3, 0.4) is 0 Å². The topological polar surface area (TPSA) is 139 Å². The third kappa shape index (κ3) is 31.4. The predicted molar refractivity (Wildman–Crippen MR) is 179 cm³/mol. The van der Waals surface area contributed by atoms with Crippen molar-refractivity contribution in [3.63, 3.8) is 0 Å². The Hall–Kier alpha value is -0.990. The summed E-state index contributed by atoms with van der Waals surface area (Å²) in [7, 11) is -4.57. The Kier molecular flexibility index (Phi) is 30.9. The highest BCUT2D eigenvalue weighted by atomic mass is 31.2. The summed E-state index contributed by atoms with van der Waals surface area (Å²) in [6, 6.07) is 0. The standard InChI is InChI=1S/C35H70NO8P/c1-4-6-7-8-9-10-11-12-13-18-21-24-27-35(38)44-33(31-43-45(39,40)42-29-28-36)30-41-34(37)26-23-20-17-15-14-16-19-22-25-32(3)5-2/h32-33H,4-31,36H2,1-3H3,(H,39,40)/t32?,33-/m0/s1. The summed E-state index contributed by atoms with van der Waals surface area (Å²) in [5.41, 5.74) is 3.54. The molecule has 0 amide bonds. The zero-order chi connectivity index (χ0) is 33.4. The number of carbonyl (C=O) groups is 2. The molecule has 0 rings (SSSR count). The van der Waals surface area contributed by atoms with Crippen molar-refractivity contribution in [2.45, 2.75) is 181 Å². The summed E-state index contributed by atoms with van der Waals surface area (Å²) in [4.78, 5) is 36.7. The summed E-state index contributed by atoms with van der Waals surface area (Å²) in [6.07, 6.45) is 25.5. The third-order valence-electron chi connectivity index (χ3n) is 8.30. The normalized spacial score (nSPS) is 14.2. The highest BCUT2D eigenvalue weighted by molar-refractivity contribution is 7.45. The lowest BCUT2D eigenvalue weighted by Crippen LogP contribution is -2.52. The van der Waals surface area contributed by atoms with Crippen molar-refractivity contribution in [3.8, 4) is 0 Å². The molecule has 10 heteroatoms. The second-order valence-corrected chi connectivity index (χ2v) is 14.2. The van der Waals surface area contributed by atoms with Crippen LogP contribution in [0.5, 0.6) is 0 Å². The number of carbonyl (C=O) groups excluding carboxylic acids is 2. The van der Waals surface area contributed by atoms with E-state index >= 15 is 0 Å². The van der Waals surface area contributed by atoms with Gasteiger partial charge in [0.25, 0.3) is 7.82 Å². The number of phosphoric ester groups is 1. The quantitative estimate of drug-likeness (QED) is 0.0413. The van der Waals surface area contributed by atoms with Crippen LogP contribution in [0.25, 0.3) is 0 Å². The van der Waals surface area contributed by atoms with Crippen molar-refractivity contribution in [1.29, 1.82) is 0 Å². The van der Waals surface area contributed by atoms with Crippen LogP contribution in [-0.2, 0) is 32.7 Å². The first-order chi connectivity index (χ1) is 21.7. The Morgan fingerprint density at radius 3 is 1.62 bits per heavy atom. The van der Waals surface area contributed by atoms with Gasteiger partial charge in [-0.25, -0.2) is 0 Å². The zero-order valence-corrected chi connectivity index (χ0v) is 30.3. The van der Waals surface area contributed by atoms with Crippen molar-refractivity contribution in [2.75, 3.05) is 26.4 Å². The van der Waals surface area contributed by atoms with Crippen LogP contribution in [0.15, 0.2) is 0 Å². The minimum absolute atomic E-state index is 0.0998. The maximum absolute atomic E-state index is 12.5. The van der Waals surface area contributed by atoms with Crippen LogP contribution in [-0.4, -0.2) is 44.4 Å². The molecule has 0 saturated carbocycles. The van der Waals surface area contributed by atoms with E-state index in [0.717, 1.165) is 38.0 Å². The monoisotopic (exact) mass is 663 g/mol. The van der Waals surface area contributed by atoms with E-state index in [0.29, 0.717) is 6.42 Å². The lowest BCUT2D eigenvalue weighted by atomic mass is 9.99. The SMILES string of the molecule is CCCCCCCCCCCCCCC(=O)O[C@@H](COC(=O)CCCCCCCCCCC(C)CC)COP(=O)([O-])OCC[NH3+]. The number of phosphoric acid groups is 1. The minimum Gasteiger partial charge on any atom is -0.756 e. The fraction of sp³-hybridized carbons (Fsp3) is 0.943. The van der Waals surface area contributed by atoms with Crippen molar-refractivity contribution in [1.82, 2.24) is 0 Å². The summed E-state index contributed by atoms with van der Waals surface area (Å²) in [5, 5.41) is 0. The zero-order valence-electron chi connectivity index (χ0n) is 29.4. The number of quaternary nitrogens is 1. The Bertz CT molecular complexity index is 738. The summed E-state index contributed by atoms with van der Waals surface area (Å²) in [6.45, 7) is 6.25. The largest absolute Gasteiger partial charge is 0.756 e. The van der Waals surface area contributed by atoms with Crippen LogP contribution in [0.1, 0.15) is 175 Å². The first-order valence-corrected chi connectivity index (χ1v) is 19.9. The Morgan fingerprint density at radius 1 is 0.667 bits per heavy atom. The molecule has 0 bridgehead atoms. The van der Waals surface area contributed by atoms with Crippen LogP contribution in [0, 0.1) is 5.92 Å². The molecule has 3 atom stereocenters. The highest BCUT2D eigenvalue weighted by Gasteiger charge is 2.21. The third-order valence-corrected chi connectivity index (χ3v) is 9.26. The molecule has 0 aromatic carbocycles. The number of hydrogen-bond acceptors (Lipinski definition) is 8. The fourth-order valence-electron chi connectivity index (χ4n) is 5.14. The molecule has 0 fully saturated rings. The van der Waals surface area contributed by atoms with Gasteiger partial charge in [-0.1, -0.05) is 149 Å². The second kappa shape index (κ2) is 31.6. The van der Waals surface area contributed by atoms with Gasteiger partial charge in [-0.05, 0) is 18.8 Å². The van der Waals surface area contributed by atoms with E-state index in [9.17, 15) is 19.0 Å². The fourth-order valence-corrected chi connectivity index (χ4v) is 5.92. The molecular weight excluding hydrogens is 593 g/mol. The molecule has 2 unspecified atom stereocenters. The number of ether oxygens (including phenoxy) is 2. The maximum Gasteiger partial charge on any atom is 0.306 e. The Morgan fingerprint density at radius 2 is 1.13 bits per heavy atom. The van der Waals surface area contributed by atoms with Gasteiger partial charge in [0.05, 0.1) is 13.2 Å². The maximum atomic E-state index is 12.5. The molecule has 9 nitrogen and oxygen atoms in total. The molecule has 0 aliphatic rings. The average molecular weight is 664 g/mol. The van der Waals surface area contributed by atoms with E-state index in [1.807, 2.05) is 0 Å². The lowest BCUT2D eigenvalue weighted by Gasteiger charge is -2.25. The summed E-state index contributed by atoms with van der Waals surface area (Å²) < 4.78 is 32.3. The van der Waals surface area contributed by atoms with E-state index in [-0.39, 0.29) is 38.6 Å². The van der Waals surface area contributed by atoms with Gasteiger partial charge in [0.15, 0.2) is 6.10 Å². The number of hydrogen-bond donors (Lipinski definition) is 1. The van der Waals surface area contributed by atoms with E-state index in [4.69, 9.17) is 18.5 Å². The van der Waals surface area contributed by atoms with Crippen molar-refractivity contribution < 1.29 is 43.3 Å². The van der Waals surface area contributed by atoms with Crippen LogP contribution in [0.4, 0.5) is 0 Å². The molecule has 0 aliphatic heterocycles. The average Bonchev–Trinajstić information content (AvgIpc) is 3.02. The molecule has 0 heterocycles. The first-order valence-electron chi connectivity index (χ1n) is 18.5. The van der Waals surface area contributed by atoms with E-state index in [1.165, 1.54) is 103 Å². The van der Waals surface area contributed by atoms with Gasteiger partial charge in [0.2, 0.25) is 0 Å². The van der Waals surface area contributed by atoms with Crippen molar-refractivity contribution >= 4 is 19.8 Å². The van der Waals surface area contributed by atoms with Gasteiger partial charge in [-0.2, -0.15) is 0 Å². The molecule has 0 aromatic heterocycles. The second-order valence-electron chi connectivity index (χ2n) is 12.7. The van der Waals surface area contributed by atoms with Crippen molar-refractivity contribution in [3.05, 3.63) is 0 Å². The predicted octanol–water partition coefficient (Wildman–Crippen LogP) is 8.22. The van der Waals surface area contributed by atoms with E-state index in [2.05, 4.69) is 26.5 Å². The summed E-state index contributed by atoms with van der Waals surface area (Å²) in [5.74, 6) is -0.0126. The van der Waals surface area contributed by atoms with Crippen LogP contribution in [0.2, 0.25) is 0 Å². The van der Waals surface area contributed by atoms with Gasteiger partial charge >= 0.3 is 11.9 Å². The Labute approximate surface area is 276 Å². The molecule has 0 aliphatic carbocycles. The molecule has 45 heavy (non-hydrogen) atoms. The first kappa shape index (κ1) is 44.0. The Balaban J connectivity index is 4.24. The van der Waals surface area contributed by atoms with E-state index in [1.54, 1.807) is 0 Å². The van der Waals surface area contributed by atoms with Gasteiger partial charge < -0.3 is 29.1 Å². The van der Waals surface area contributed by atoms with E-state index < -0.39 is 26.5 Å². The molecule has 0 aromatic rings. The smallest absolute Gasteiger partial charge is 0.306 e. The summed E-state index contributed by atoms with van der Waals surface area (Å²) >= 11 is 0. The minimum atomic E-state index is -4.57. The number of esters is 2. The van der Waals surface area contributed by atoms with Gasteiger partial charge in [-0.15, -0.1) is 0 Å². The number of unbranched alkanes of at least 4 members (excludes halogenated alkanes) is 18. The molecule has 3 N–H and O–H groups in total. The van der Waals surface area contributed by atoms with Gasteiger partial charge in [-0.3, -0.25) is 14.2 Å². The van der Waals surface area contributed by atoms with Gasteiger partial charge in [0, 0.05) is 12.8 Å². The number of rotatable bonds is 34. The van der Waals surface area contributed by atoms with Crippen molar-refractivity contribution in [2.24, 2.45) is 5.92 Å². The molecule has 0 saturated heterocycles. The molecule has 0 radical (unpaired) electrons. The van der Waals surface area contributed by atoms with Gasteiger partial charge in [0.1, 0.15) is 13.2 Å². The lowest BCUT2D eigenvalue weighted by molar-refractivity contribution is -0.373. The molecule has 0 spiro atoms. The van der Waals surface area contributed by atoms with Crippen LogP contribution < -0.4 is 10.6 Å². The molecule has 268 valence electrons. The molecular formula is C35H70NO8P. The highest BCUT2D eigenvalue weighted by Crippen LogP contribution is 2.38. The van der Waals surface area contributed by atoms with Crippen LogP contribution >= 0.6 is 7.82 Å².